The summed E-state index contributed by atoms with van der Waals surface area (Å²) in [5, 5.41) is 4.16. The number of benzene rings is 1. The first-order chi connectivity index (χ1) is 10.4. The number of ether oxygens (including phenoxy) is 1. The van der Waals surface area contributed by atoms with Crippen molar-refractivity contribution in [2.24, 2.45) is 5.10 Å². The summed E-state index contributed by atoms with van der Waals surface area (Å²) in [6.07, 6.45) is 4.72. The minimum Gasteiger partial charge on any atom is -0.494 e. The van der Waals surface area contributed by atoms with Gasteiger partial charge in [0.2, 0.25) is 0 Å². The van der Waals surface area contributed by atoms with Gasteiger partial charge in [-0.05, 0) is 36.8 Å². The molecule has 0 unspecified atom stereocenters. The van der Waals surface area contributed by atoms with E-state index < -0.39 is 0 Å². The molecule has 1 aromatic carbocycles. The van der Waals surface area contributed by atoms with Gasteiger partial charge in [0.25, 0.3) is 0 Å². The highest BCUT2D eigenvalue weighted by atomic mass is 16.5. The van der Waals surface area contributed by atoms with E-state index in [1.807, 2.05) is 31.2 Å². The van der Waals surface area contributed by atoms with Crippen molar-refractivity contribution in [1.82, 2.24) is 19.9 Å². The van der Waals surface area contributed by atoms with Crippen LogP contribution in [0.1, 0.15) is 12.5 Å². The van der Waals surface area contributed by atoms with E-state index in [1.54, 1.807) is 12.5 Å². The second kappa shape index (κ2) is 6.00. The van der Waals surface area contributed by atoms with Crippen molar-refractivity contribution in [2.75, 3.05) is 12.0 Å². The summed E-state index contributed by atoms with van der Waals surface area (Å²) in [5.74, 6) is 1.43. The first kappa shape index (κ1) is 13.0. The summed E-state index contributed by atoms with van der Waals surface area (Å²) < 4.78 is 5.39. The highest BCUT2D eigenvalue weighted by Crippen LogP contribution is 2.14. The largest absolute Gasteiger partial charge is 0.494 e. The number of hydrogen-bond acceptors (Lipinski definition) is 6. The van der Waals surface area contributed by atoms with E-state index >= 15 is 0 Å². The Labute approximate surface area is 121 Å². The maximum absolute atomic E-state index is 5.39. The molecule has 21 heavy (non-hydrogen) atoms. The van der Waals surface area contributed by atoms with Crippen LogP contribution in [0.2, 0.25) is 0 Å². The molecule has 0 saturated heterocycles. The number of hydrogen-bond donors (Lipinski definition) is 2. The Morgan fingerprint density at radius 1 is 1.24 bits per heavy atom. The number of fused-ring (bicyclic) bond motifs is 1. The van der Waals surface area contributed by atoms with Gasteiger partial charge in [-0.15, -0.1) is 0 Å². The van der Waals surface area contributed by atoms with Gasteiger partial charge in [-0.25, -0.2) is 15.0 Å². The van der Waals surface area contributed by atoms with Crippen LogP contribution in [0, 0.1) is 0 Å². The molecule has 0 aliphatic rings. The molecule has 106 valence electrons. The predicted octanol–water partition coefficient (Wildman–Crippen LogP) is 2.20. The highest BCUT2D eigenvalue weighted by molar-refractivity contribution is 5.84. The molecule has 7 heteroatoms. The summed E-state index contributed by atoms with van der Waals surface area (Å²) >= 11 is 0. The number of aromatic nitrogens is 4. The van der Waals surface area contributed by atoms with E-state index in [0.29, 0.717) is 18.1 Å². The van der Waals surface area contributed by atoms with Gasteiger partial charge in [0.1, 0.15) is 17.6 Å². The van der Waals surface area contributed by atoms with Crippen molar-refractivity contribution in [3.63, 3.8) is 0 Å². The number of H-pyrrole nitrogens is 1. The number of nitrogens with zero attached hydrogens (tertiary/aromatic N) is 4. The van der Waals surface area contributed by atoms with Crippen LogP contribution >= 0.6 is 0 Å². The zero-order valence-electron chi connectivity index (χ0n) is 11.4. The average molecular weight is 282 g/mol. The lowest BCUT2D eigenvalue weighted by atomic mass is 10.2. The van der Waals surface area contributed by atoms with E-state index in [-0.39, 0.29) is 0 Å². The summed E-state index contributed by atoms with van der Waals surface area (Å²) in [5.41, 5.74) is 5.16. The fourth-order valence-corrected chi connectivity index (χ4v) is 1.83. The number of nitrogens with one attached hydrogen (secondary N) is 2. The minimum absolute atomic E-state index is 0.583. The molecule has 0 radical (unpaired) electrons. The summed E-state index contributed by atoms with van der Waals surface area (Å²) in [7, 11) is 0. The zero-order valence-corrected chi connectivity index (χ0v) is 11.4. The molecule has 2 heterocycles. The van der Waals surface area contributed by atoms with Gasteiger partial charge >= 0.3 is 0 Å². The lowest BCUT2D eigenvalue weighted by Crippen LogP contribution is -1.96. The zero-order chi connectivity index (χ0) is 14.5. The first-order valence-corrected chi connectivity index (χ1v) is 6.53. The third-order valence-corrected chi connectivity index (χ3v) is 2.80. The van der Waals surface area contributed by atoms with Gasteiger partial charge in [-0.1, -0.05) is 0 Å². The maximum atomic E-state index is 5.39. The van der Waals surface area contributed by atoms with Crippen LogP contribution in [0.25, 0.3) is 11.2 Å². The Kier molecular flexibility index (Phi) is 3.72. The van der Waals surface area contributed by atoms with Crippen LogP contribution in [0.3, 0.4) is 0 Å². The van der Waals surface area contributed by atoms with Gasteiger partial charge in [0, 0.05) is 0 Å². The van der Waals surface area contributed by atoms with Crippen LogP contribution in [0.5, 0.6) is 5.75 Å². The topological polar surface area (TPSA) is 88.1 Å². The molecule has 0 bridgehead atoms. The molecular formula is C14H14N6O. The van der Waals surface area contributed by atoms with Crippen molar-refractivity contribution in [3.8, 4) is 5.75 Å². The number of imidazole rings is 1. The fourth-order valence-electron chi connectivity index (χ4n) is 1.83. The fraction of sp³-hybridized carbons (Fsp3) is 0.143. The lowest BCUT2D eigenvalue weighted by molar-refractivity contribution is 0.340. The van der Waals surface area contributed by atoms with E-state index in [4.69, 9.17) is 4.74 Å². The number of hydrazone groups is 1. The molecule has 2 aromatic heterocycles. The van der Waals surface area contributed by atoms with Gasteiger partial charge in [-0.2, -0.15) is 5.10 Å². The lowest BCUT2D eigenvalue weighted by Gasteiger charge is -2.02. The van der Waals surface area contributed by atoms with E-state index in [2.05, 4.69) is 30.5 Å². The van der Waals surface area contributed by atoms with Gasteiger partial charge in [-0.3, -0.25) is 5.43 Å². The predicted molar refractivity (Wildman–Crippen MR) is 80.5 cm³/mol. The molecule has 3 aromatic rings. The van der Waals surface area contributed by atoms with E-state index in [1.165, 1.54) is 6.33 Å². The SMILES string of the molecule is CCOc1ccc(/C=N\Nc2ncnc3nc[nH]c23)cc1. The Morgan fingerprint density at radius 2 is 2.10 bits per heavy atom. The standard InChI is InChI=1S/C14H14N6O/c1-2-21-11-5-3-10(4-6-11)7-19-20-14-12-13(16-8-15-12)17-9-18-14/h3-9H,2H2,1H3,(H2,15,16,17,18,20)/b19-7-. The van der Waals surface area contributed by atoms with Crippen LogP contribution in [-0.4, -0.2) is 32.8 Å². The molecule has 2 N–H and O–H groups in total. The van der Waals surface area contributed by atoms with Crippen LogP contribution in [0.15, 0.2) is 42.0 Å². The summed E-state index contributed by atoms with van der Waals surface area (Å²) in [6.45, 7) is 2.61. The highest BCUT2D eigenvalue weighted by Gasteiger charge is 2.03. The molecule has 0 aliphatic heterocycles. The number of rotatable bonds is 5. The quantitative estimate of drug-likeness (QED) is 0.553. The number of anilines is 1. The second-order valence-electron chi connectivity index (χ2n) is 4.20. The third kappa shape index (κ3) is 2.97. The van der Waals surface area contributed by atoms with Crippen molar-refractivity contribution in [1.29, 1.82) is 0 Å². The number of aromatic amines is 1. The third-order valence-electron chi connectivity index (χ3n) is 2.80. The van der Waals surface area contributed by atoms with E-state index in [0.717, 1.165) is 16.8 Å². The Bertz CT molecular complexity index is 750. The molecule has 0 aliphatic carbocycles. The van der Waals surface area contributed by atoms with Crippen molar-refractivity contribution in [3.05, 3.63) is 42.5 Å². The smallest absolute Gasteiger partial charge is 0.182 e. The molecule has 0 fully saturated rings. The maximum Gasteiger partial charge on any atom is 0.182 e. The molecule has 3 rings (SSSR count). The second-order valence-corrected chi connectivity index (χ2v) is 4.20. The first-order valence-electron chi connectivity index (χ1n) is 6.53. The summed E-state index contributed by atoms with van der Waals surface area (Å²) in [4.78, 5) is 15.2. The van der Waals surface area contributed by atoms with E-state index in [9.17, 15) is 0 Å². The summed E-state index contributed by atoms with van der Waals surface area (Å²) in [6, 6.07) is 7.68. The molecule has 0 amide bonds. The Balaban J connectivity index is 1.70. The molecule has 0 spiro atoms. The van der Waals surface area contributed by atoms with Gasteiger partial charge in [0.15, 0.2) is 11.5 Å². The van der Waals surface area contributed by atoms with Crippen molar-refractivity contribution < 1.29 is 4.74 Å². The molecular weight excluding hydrogens is 268 g/mol. The van der Waals surface area contributed by atoms with Gasteiger partial charge < -0.3 is 9.72 Å². The minimum atomic E-state index is 0.583. The van der Waals surface area contributed by atoms with Crippen LogP contribution in [-0.2, 0) is 0 Å². The normalized spacial score (nSPS) is 11.1. The van der Waals surface area contributed by atoms with Crippen molar-refractivity contribution in [2.45, 2.75) is 6.92 Å². The van der Waals surface area contributed by atoms with Gasteiger partial charge in [0.05, 0.1) is 19.1 Å². The van der Waals surface area contributed by atoms with Crippen LogP contribution in [0.4, 0.5) is 5.82 Å². The Morgan fingerprint density at radius 3 is 2.90 bits per heavy atom. The molecule has 0 atom stereocenters. The Hall–Kier alpha value is -2.96. The van der Waals surface area contributed by atoms with Crippen molar-refractivity contribution >= 4 is 23.2 Å². The molecule has 0 saturated carbocycles. The molecule has 7 nitrogen and oxygen atoms in total. The monoisotopic (exact) mass is 282 g/mol. The van der Waals surface area contributed by atoms with Crippen LogP contribution < -0.4 is 10.2 Å². The average Bonchev–Trinajstić information content (AvgIpc) is 2.99.